The molecule has 0 atom stereocenters. The molecule has 1 fully saturated rings. The summed E-state index contributed by atoms with van der Waals surface area (Å²) < 4.78 is 2.14. The van der Waals surface area contributed by atoms with Gasteiger partial charge in [-0.3, -0.25) is 0 Å². The maximum absolute atomic E-state index is 3.83. The lowest BCUT2D eigenvalue weighted by Gasteiger charge is -2.26. The molecule has 1 aliphatic carbocycles. The minimum Gasteiger partial charge on any atom is -0.317 e. The molecule has 94 valence electrons. The second-order valence-electron chi connectivity index (χ2n) is 3.82. The van der Waals surface area contributed by atoms with Crippen LogP contribution in [0.2, 0.25) is 0 Å². The summed E-state index contributed by atoms with van der Waals surface area (Å²) in [5.74, 6) is 0.915. The van der Waals surface area contributed by atoms with Gasteiger partial charge in [0.1, 0.15) is 12.7 Å². The summed E-state index contributed by atoms with van der Waals surface area (Å²) in [5, 5.41) is 7.66. The SMILES string of the molecule is CC.CC.CC1CCC(n2cnnc2)CC1. The van der Waals surface area contributed by atoms with Gasteiger partial charge in [-0.1, -0.05) is 34.6 Å². The van der Waals surface area contributed by atoms with Crippen LogP contribution in [0.1, 0.15) is 66.3 Å². The number of hydrogen-bond donors (Lipinski definition) is 0. The van der Waals surface area contributed by atoms with E-state index in [1.54, 1.807) is 0 Å². The molecular weight excluding hydrogens is 198 g/mol. The second kappa shape index (κ2) is 9.37. The van der Waals surface area contributed by atoms with Gasteiger partial charge in [-0.25, -0.2) is 0 Å². The zero-order valence-corrected chi connectivity index (χ0v) is 11.5. The Morgan fingerprint density at radius 1 is 0.875 bits per heavy atom. The number of aromatic nitrogens is 3. The Balaban J connectivity index is 0.000000509. The first-order chi connectivity index (χ1) is 7.86. The molecule has 1 heterocycles. The molecule has 1 aromatic rings. The smallest absolute Gasteiger partial charge is 0.119 e. The molecule has 16 heavy (non-hydrogen) atoms. The minimum atomic E-state index is 0.663. The van der Waals surface area contributed by atoms with Crippen molar-refractivity contribution in [2.24, 2.45) is 5.92 Å². The molecule has 0 radical (unpaired) electrons. The van der Waals surface area contributed by atoms with Gasteiger partial charge in [0.25, 0.3) is 0 Å². The van der Waals surface area contributed by atoms with Gasteiger partial charge in [-0.2, -0.15) is 0 Å². The van der Waals surface area contributed by atoms with E-state index >= 15 is 0 Å². The van der Waals surface area contributed by atoms with E-state index < -0.39 is 0 Å². The van der Waals surface area contributed by atoms with Crippen LogP contribution in [0.15, 0.2) is 12.7 Å². The largest absolute Gasteiger partial charge is 0.317 e. The fourth-order valence-electron chi connectivity index (χ4n) is 1.94. The van der Waals surface area contributed by atoms with Crippen molar-refractivity contribution >= 4 is 0 Å². The van der Waals surface area contributed by atoms with Crippen LogP contribution in [0, 0.1) is 5.92 Å². The summed E-state index contributed by atoms with van der Waals surface area (Å²) in [5.41, 5.74) is 0. The van der Waals surface area contributed by atoms with Crippen molar-refractivity contribution in [1.29, 1.82) is 0 Å². The van der Waals surface area contributed by atoms with Crippen molar-refractivity contribution in [2.45, 2.75) is 66.3 Å². The first-order valence-electron chi connectivity index (χ1n) is 6.70. The highest BCUT2D eigenvalue weighted by Gasteiger charge is 2.18. The minimum absolute atomic E-state index is 0.663. The van der Waals surface area contributed by atoms with Gasteiger partial charge >= 0.3 is 0 Å². The molecule has 0 amide bonds. The van der Waals surface area contributed by atoms with Crippen molar-refractivity contribution in [2.75, 3.05) is 0 Å². The molecule has 0 bridgehead atoms. The van der Waals surface area contributed by atoms with Crippen LogP contribution in [0.4, 0.5) is 0 Å². The van der Waals surface area contributed by atoms with Crippen LogP contribution in [-0.2, 0) is 0 Å². The lowest BCUT2D eigenvalue weighted by molar-refractivity contribution is 0.289. The van der Waals surface area contributed by atoms with Gasteiger partial charge in [0.15, 0.2) is 0 Å². The summed E-state index contributed by atoms with van der Waals surface area (Å²) >= 11 is 0. The summed E-state index contributed by atoms with van der Waals surface area (Å²) in [6.07, 6.45) is 8.95. The van der Waals surface area contributed by atoms with Gasteiger partial charge in [-0.05, 0) is 31.6 Å². The fraction of sp³-hybridized carbons (Fsp3) is 0.846. The zero-order valence-electron chi connectivity index (χ0n) is 11.5. The average Bonchev–Trinajstić information content (AvgIpc) is 2.89. The molecule has 3 nitrogen and oxygen atoms in total. The molecule has 0 spiro atoms. The quantitative estimate of drug-likeness (QED) is 0.721. The normalized spacial score (nSPS) is 23.6. The van der Waals surface area contributed by atoms with E-state index in [9.17, 15) is 0 Å². The predicted octanol–water partition coefficient (Wildman–Crippen LogP) is 4.08. The number of nitrogens with zero attached hydrogens (tertiary/aromatic N) is 3. The lowest BCUT2D eigenvalue weighted by atomic mass is 9.87. The van der Waals surface area contributed by atoms with E-state index in [1.807, 2.05) is 40.3 Å². The van der Waals surface area contributed by atoms with Gasteiger partial charge in [0.05, 0.1) is 0 Å². The molecule has 0 unspecified atom stereocenters. The van der Waals surface area contributed by atoms with Crippen molar-refractivity contribution in [1.82, 2.24) is 14.8 Å². The Morgan fingerprint density at radius 2 is 1.31 bits per heavy atom. The van der Waals surface area contributed by atoms with Crippen LogP contribution < -0.4 is 0 Å². The van der Waals surface area contributed by atoms with Crippen molar-refractivity contribution in [3.05, 3.63) is 12.7 Å². The number of hydrogen-bond acceptors (Lipinski definition) is 2. The highest BCUT2D eigenvalue weighted by atomic mass is 15.2. The van der Waals surface area contributed by atoms with Crippen LogP contribution in [0.25, 0.3) is 0 Å². The monoisotopic (exact) mass is 225 g/mol. The highest BCUT2D eigenvalue weighted by molar-refractivity contribution is 4.77. The average molecular weight is 225 g/mol. The van der Waals surface area contributed by atoms with Crippen molar-refractivity contribution in [3.8, 4) is 0 Å². The highest BCUT2D eigenvalue weighted by Crippen LogP contribution is 2.30. The molecule has 2 rings (SSSR count). The predicted molar refractivity (Wildman–Crippen MR) is 69.4 cm³/mol. The van der Waals surface area contributed by atoms with Crippen LogP contribution in [0.5, 0.6) is 0 Å². The Morgan fingerprint density at radius 3 is 1.75 bits per heavy atom. The van der Waals surface area contributed by atoms with Crippen molar-refractivity contribution in [3.63, 3.8) is 0 Å². The maximum Gasteiger partial charge on any atom is 0.119 e. The topological polar surface area (TPSA) is 30.7 Å². The van der Waals surface area contributed by atoms with Gasteiger partial charge in [0, 0.05) is 6.04 Å². The van der Waals surface area contributed by atoms with E-state index in [-0.39, 0.29) is 0 Å². The molecular formula is C13H27N3. The fourth-order valence-corrected chi connectivity index (χ4v) is 1.94. The standard InChI is InChI=1S/C9H15N3.2C2H6/c1-8-2-4-9(5-3-8)12-6-10-11-7-12;2*1-2/h6-9H,2-5H2,1H3;2*1-2H3. The maximum atomic E-state index is 3.83. The summed E-state index contributed by atoms with van der Waals surface area (Å²) in [6, 6.07) is 0.663. The third-order valence-corrected chi connectivity index (χ3v) is 2.84. The first kappa shape index (κ1) is 15.1. The van der Waals surface area contributed by atoms with Gasteiger partial charge in [-0.15, -0.1) is 10.2 Å². The second-order valence-corrected chi connectivity index (χ2v) is 3.82. The Labute approximate surface area is 100 Å². The van der Waals surface area contributed by atoms with E-state index in [2.05, 4.69) is 21.7 Å². The molecule has 0 aromatic carbocycles. The first-order valence-corrected chi connectivity index (χ1v) is 6.70. The van der Waals surface area contributed by atoms with Crippen LogP contribution in [0.3, 0.4) is 0 Å². The summed E-state index contributed by atoms with van der Waals surface area (Å²) in [4.78, 5) is 0. The summed E-state index contributed by atoms with van der Waals surface area (Å²) in [7, 11) is 0. The molecule has 1 aromatic heterocycles. The van der Waals surface area contributed by atoms with Crippen LogP contribution in [-0.4, -0.2) is 14.8 Å². The third kappa shape index (κ3) is 4.77. The Bertz CT molecular complexity index is 223. The Kier molecular flexibility index (Phi) is 8.87. The van der Waals surface area contributed by atoms with Crippen LogP contribution >= 0.6 is 0 Å². The molecule has 1 saturated carbocycles. The molecule has 0 N–H and O–H groups in total. The molecule has 1 aliphatic rings. The zero-order chi connectivity index (χ0) is 12.4. The van der Waals surface area contributed by atoms with Gasteiger partial charge < -0.3 is 4.57 Å². The number of rotatable bonds is 1. The molecule has 3 heteroatoms. The van der Waals surface area contributed by atoms with E-state index in [0.717, 1.165) is 5.92 Å². The molecule has 0 aliphatic heterocycles. The van der Waals surface area contributed by atoms with Crippen molar-refractivity contribution < 1.29 is 0 Å². The third-order valence-electron chi connectivity index (χ3n) is 2.84. The lowest BCUT2D eigenvalue weighted by Crippen LogP contribution is -2.15. The van der Waals surface area contributed by atoms with Gasteiger partial charge in [0.2, 0.25) is 0 Å². The van der Waals surface area contributed by atoms with E-state index in [1.165, 1.54) is 25.7 Å². The van der Waals surface area contributed by atoms with E-state index in [4.69, 9.17) is 0 Å². The Hall–Kier alpha value is -0.860. The van der Waals surface area contributed by atoms with E-state index in [0.29, 0.717) is 6.04 Å². The molecule has 0 saturated heterocycles. The summed E-state index contributed by atoms with van der Waals surface area (Å²) in [6.45, 7) is 10.3.